The molecule has 1 aromatic heterocycles. The SMILES string of the molecule is CC(=O)OC(C)(C)Cn1c(SCc2ccccc2)nc2cc([N+](=O)[O-])ccc21. The summed E-state index contributed by atoms with van der Waals surface area (Å²) in [6, 6.07) is 14.6. The number of nitrogens with zero attached hydrogens (tertiary/aromatic N) is 3. The molecular formula is C20H21N3O4S. The van der Waals surface area contributed by atoms with Gasteiger partial charge in [-0.25, -0.2) is 4.98 Å². The van der Waals surface area contributed by atoms with Crippen LogP contribution in [0.25, 0.3) is 11.0 Å². The fraction of sp³-hybridized carbons (Fsp3) is 0.300. The van der Waals surface area contributed by atoms with Crippen LogP contribution < -0.4 is 0 Å². The van der Waals surface area contributed by atoms with Crippen molar-refractivity contribution in [3.8, 4) is 0 Å². The van der Waals surface area contributed by atoms with E-state index >= 15 is 0 Å². The molecule has 0 spiro atoms. The molecule has 0 N–H and O–H groups in total. The number of aromatic nitrogens is 2. The van der Waals surface area contributed by atoms with Gasteiger partial charge >= 0.3 is 5.97 Å². The molecule has 0 unspecified atom stereocenters. The predicted molar refractivity (Wildman–Crippen MR) is 108 cm³/mol. The Hall–Kier alpha value is -2.87. The van der Waals surface area contributed by atoms with Crippen molar-refractivity contribution in [1.29, 1.82) is 0 Å². The number of thioether (sulfide) groups is 1. The molecule has 0 saturated carbocycles. The van der Waals surface area contributed by atoms with Gasteiger partial charge in [0.1, 0.15) is 5.60 Å². The highest BCUT2D eigenvalue weighted by Gasteiger charge is 2.25. The van der Waals surface area contributed by atoms with Crippen LogP contribution >= 0.6 is 11.8 Å². The van der Waals surface area contributed by atoms with Crippen molar-refractivity contribution in [2.24, 2.45) is 0 Å². The van der Waals surface area contributed by atoms with Crippen LogP contribution in [-0.4, -0.2) is 26.0 Å². The fourth-order valence-electron chi connectivity index (χ4n) is 3.00. The van der Waals surface area contributed by atoms with E-state index in [0.29, 0.717) is 17.8 Å². The van der Waals surface area contributed by atoms with Gasteiger partial charge in [0.05, 0.1) is 22.5 Å². The second-order valence-corrected chi connectivity index (χ2v) is 7.98. The zero-order valence-electron chi connectivity index (χ0n) is 15.9. The molecule has 7 nitrogen and oxygen atoms in total. The number of benzene rings is 2. The van der Waals surface area contributed by atoms with Crippen LogP contribution in [0, 0.1) is 10.1 Å². The number of fused-ring (bicyclic) bond motifs is 1. The van der Waals surface area contributed by atoms with Gasteiger partial charge in [0, 0.05) is 24.8 Å². The van der Waals surface area contributed by atoms with Gasteiger partial charge in [0.25, 0.3) is 5.69 Å². The summed E-state index contributed by atoms with van der Waals surface area (Å²) in [6.07, 6.45) is 0. The zero-order chi connectivity index (χ0) is 20.3. The minimum atomic E-state index is -0.747. The van der Waals surface area contributed by atoms with Gasteiger partial charge in [0.15, 0.2) is 5.16 Å². The Kier molecular flexibility index (Phi) is 5.69. The maximum atomic E-state index is 11.4. The van der Waals surface area contributed by atoms with E-state index in [1.807, 2.05) is 48.7 Å². The lowest BCUT2D eigenvalue weighted by Crippen LogP contribution is -2.32. The minimum absolute atomic E-state index is 0.00370. The first kappa shape index (κ1) is 19.9. The number of nitro groups is 1. The largest absolute Gasteiger partial charge is 0.458 e. The molecule has 0 aliphatic carbocycles. The third-order valence-corrected chi connectivity index (χ3v) is 5.12. The first-order valence-corrected chi connectivity index (χ1v) is 9.75. The summed E-state index contributed by atoms with van der Waals surface area (Å²) in [5.41, 5.74) is 1.71. The average molecular weight is 399 g/mol. The molecular weight excluding hydrogens is 378 g/mol. The molecule has 8 heteroatoms. The molecule has 0 saturated heterocycles. The van der Waals surface area contributed by atoms with E-state index in [2.05, 4.69) is 4.98 Å². The number of imidazole rings is 1. The lowest BCUT2D eigenvalue weighted by Gasteiger charge is -2.26. The number of nitro benzene ring substituents is 1. The summed E-state index contributed by atoms with van der Waals surface area (Å²) < 4.78 is 7.39. The van der Waals surface area contributed by atoms with Crippen molar-refractivity contribution in [3.63, 3.8) is 0 Å². The molecule has 0 atom stereocenters. The number of esters is 1. The molecule has 0 amide bonds. The van der Waals surface area contributed by atoms with Crippen LogP contribution in [0.1, 0.15) is 26.3 Å². The number of hydrogen-bond donors (Lipinski definition) is 0. The van der Waals surface area contributed by atoms with Gasteiger partial charge in [-0.1, -0.05) is 42.1 Å². The van der Waals surface area contributed by atoms with Crippen LogP contribution in [0.5, 0.6) is 0 Å². The number of carbonyl (C=O) groups is 1. The summed E-state index contributed by atoms with van der Waals surface area (Å²) in [4.78, 5) is 26.7. The standard InChI is InChI=1S/C20H21N3O4S/c1-14(24)27-20(2,3)13-22-18-10-9-16(23(25)26)11-17(18)21-19(22)28-12-15-7-5-4-6-8-15/h4-11H,12-13H2,1-3H3. The molecule has 0 aliphatic rings. The Morgan fingerprint density at radius 3 is 2.61 bits per heavy atom. The van der Waals surface area contributed by atoms with Gasteiger partial charge in [0.2, 0.25) is 0 Å². The Labute approximate surface area is 166 Å². The summed E-state index contributed by atoms with van der Waals surface area (Å²) in [6.45, 7) is 5.43. The van der Waals surface area contributed by atoms with E-state index in [0.717, 1.165) is 16.2 Å². The maximum Gasteiger partial charge on any atom is 0.303 e. The molecule has 1 heterocycles. The maximum absolute atomic E-state index is 11.4. The average Bonchev–Trinajstić information content (AvgIpc) is 2.96. The second kappa shape index (κ2) is 8.02. The third kappa shape index (κ3) is 4.69. The van der Waals surface area contributed by atoms with Crippen molar-refractivity contribution in [1.82, 2.24) is 9.55 Å². The molecule has 2 aromatic carbocycles. The van der Waals surface area contributed by atoms with E-state index in [1.54, 1.807) is 17.8 Å². The minimum Gasteiger partial charge on any atom is -0.458 e. The third-order valence-electron chi connectivity index (χ3n) is 4.08. The van der Waals surface area contributed by atoms with E-state index in [4.69, 9.17) is 4.74 Å². The number of ether oxygens (including phenoxy) is 1. The highest BCUT2D eigenvalue weighted by atomic mass is 32.2. The van der Waals surface area contributed by atoms with Crippen LogP contribution in [0.3, 0.4) is 0 Å². The molecule has 146 valence electrons. The molecule has 3 aromatic rings. The topological polar surface area (TPSA) is 87.3 Å². The summed E-state index contributed by atoms with van der Waals surface area (Å²) in [5.74, 6) is 0.351. The van der Waals surface area contributed by atoms with E-state index < -0.39 is 10.5 Å². The van der Waals surface area contributed by atoms with Crippen molar-refractivity contribution in [2.75, 3.05) is 0 Å². The van der Waals surface area contributed by atoms with Crippen molar-refractivity contribution in [3.05, 3.63) is 64.2 Å². The number of non-ortho nitro benzene ring substituents is 1. The fourth-order valence-corrected chi connectivity index (χ4v) is 3.97. The molecule has 0 bridgehead atoms. The smallest absolute Gasteiger partial charge is 0.303 e. The molecule has 28 heavy (non-hydrogen) atoms. The first-order chi connectivity index (χ1) is 13.2. The predicted octanol–water partition coefficient (Wildman–Crippen LogP) is 4.58. The monoisotopic (exact) mass is 399 g/mol. The second-order valence-electron chi connectivity index (χ2n) is 7.04. The summed E-state index contributed by atoms with van der Waals surface area (Å²) in [7, 11) is 0. The van der Waals surface area contributed by atoms with Crippen molar-refractivity contribution >= 4 is 34.5 Å². The van der Waals surface area contributed by atoms with Gasteiger partial charge in [-0.3, -0.25) is 14.9 Å². The summed E-state index contributed by atoms with van der Waals surface area (Å²) >= 11 is 1.54. The van der Waals surface area contributed by atoms with Crippen LogP contribution in [0.15, 0.2) is 53.7 Å². The van der Waals surface area contributed by atoms with Crippen LogP contribution in [-0.2, 0) is 21.8 Å². The Bertz CT molecular complexity index is 1010. The summed E-state index contributed by atoms with van der Waals surface area (Å²) in [5, 5.41) is 11.8. The van der Waals surface area contributed by atoms with Gasteiger partial charge in [-0.2, -0.15) is 0 Å². The van der Waals surface area contributed by atoms with Gasteiger partial charge < -0.3 is 9.30 Å². The normalized spacial score (nSPS) is 11.5. The quantitative estimate of drug-likeness (QED) is 0.250. The van der Waals surface area contributed by atoms with Gasteiger partial charge in [-0.05, 0) is 25.5 Å². The molecule has 3 rings (SSSR count). The lowest BCUT2D eigenvalue weighted by atomic mass is 10.1. The Morgan fingerprint density at radius 2 is 1.96 bits per heavy atom. The van der Waals surface area contributed by atoms with E-state index in [1.165, 1.54) is 19.1 Å². The van der Waals surface area contributed by atoms with Gasteiger partial charge in [-0.15, -0.1) is 0 Å². The molecule has 0 aliphatic heterocycles. The molecule has 0 radical (unpaired) electrons. The number of rotatable bonds is 7. The van der Waals surface area contributed by atoms with Crippen LogP contribution in [0.2, 0.25) is 0 Å². The molecule has 0 fully saturated rings. The van der Waals surface area contributed by atoms with Crippen molar-refractivity contribution in [2.45, 2.75) is 43.8 Å². The first-order valence-electron chi connectivity index (χ1n) is 8.76. The highest BCUT2D eigenvalue weighted by molar-refractivity contribution is 7.98. The number of hydrogen-bond acceptors (Lipinski definition) is 6. The van der Waals surface area contributed by atoms with E-state index in [-0.39, 0.29) is 11.7 Å². The van der Waals surface area contributed by atoms with Crippen molar-refractivity contribution < 1.29 is 14.5 Å². The zero-order valence-corrected chi connectivity index (χ0v) is 16.7. The Balaban J connectivity index is 1.98. The number of carbonyl (C=O) groups excluding carboxylic acids is 1. The van der Waals surface area contributed by atoms with Crippen LogP contribution in [0.4, 0.5) is 5.69 Å². The Morgan fingerprint density at radius 1 is 1.25 bits per heavy atom. The lowest BCUT2D eigenvalue weighted by molar-refractivity contribution is -0.384. The highest BCUT2D eigenvalue weighted by Crippen LogP contribution is 2.30. The van der Waals surface area contributed by atoms with E-state index in [9.17, 15) is 14.9 Å².